The van der Waals surface area contributed by atoms with Gasteiger partial charge >= 0.3 is 24.4 Å². The van der Waals surface area contributed by atoms with Gasteiger partial charge in [-0.2, -0.15) is 26.3 Å². The van der Waals surface area contributed by atoms with Gasteiger partial charge in [0.1, 0.15) is 11.6 Å². The fourth-order valence-corrected chi connectivity index (χ4v) is 8.04. The highest BCUT2D eigenvalue weighted by Crippen LogP contribution is 2.43. The van der Waals surface area contributed by atoms with Gasteiger partial charge in [-0.25, -0.2) is 18.4 Å². The number of hydrogen-bond acceptors (Lipinski definition) is 2. The third kappa shape index (κ3) is 9.59. The molecular formula is C48H40F8N4O2. The van der Waals surface area contributed by atoms with Gasteiger partial charge in [0.15, 0.2) is 0 Å². The Morgan fingerprint density at radius 2 is 0.774 bits per heavy atom. The number of amides is 4. The van der Waals surface area contributed by atoms with E-state index in [0.29, 0.717) is 35.6 Å². The molecule has 0 radical (unpaired) electrons. The van der Waals surface area contributed by atoms with Crippen LogP contribution in [0.25, 0.3) is 0 Å². The van der Waals surface area contributed by atoms with Gasteiger partial charge in [-0.05, 0) is 118 Å². The van der Waals surface area contributed by atoms with E-state index in [1.165, 1.54) is 72.8 Å². The zero-order chi connectivity index (χ0) is 44.3. The molecule has 0 fully saturated rings. The Morgan fingerprint density at radius 1 is 0.468 bits per heavy atom. The largest absolute Gasteiger partial charge is 0.416 e. The summed E-state index contributed by atoms with van der Waals surface area (Å²) >= 11 is 0. The van der Waals surface area contributed by atoms with Crippen molar-refractivity contribution in [2.24, 2.45) is 0 Å². The minimum absolute atomic E-state index is 0.0425. The van der Waals surface area contributed by atoms with E-state index < -0.39 is 59.3 Å². The standard InChI is InChI=1S/2C24H20F4N2O/c2*1-15-14-30(23(31)29-19-12-10-18(25)11-13-19)22(21-5-3-2-4-20(15)21)16-6-8-17(9-7-16)24(26,27)28/h2*2-13,15,22H,14H2,1H3,(H,29,31)/t2*15-,22+/m10/s1. The summed E-state index contributed by atoms with van der Waals surface area (Å²) in [6, 6.07) is 34.0. The molecule has 0 unspecified atom stereocenters. The van der Waals surface area contributed by atoms with Crippen molar-refractivity contribution in [3.05, 3.63) is 202 Å². The molecule has 2 N–H and O–H groups in total. The van der Waals surface area contributed by atoms with Gasteiger partial charge in [-0.3, -0.25) is 0 Å². The molecule has 2 heterocycles. The van der Waals surface area contributed by atoms with Crippen LogP contribution in [0.5, 0.6) is 0 Å². The van der Waals surface area contributed by atoms with Crippen LogP contribution in [0.2, 0.25) is 0 Å². The van der Waals surface area contributed by atoms with E-state index in [1.807, 2.05) is 62.4 Å². The van der Waals surface area contributed by atoms with Gasteiger partial charge in [-0.15, -0.1) is 0 Å². The monoisotopic (exact) mass is 856 g/mol. The molecule has 320 valence electrons. The van der Waals surface area contributed by atoms with Gasteiger partial charge in [0.05, 0.1) is 23.2 Å². The fourth-order valence-electron chi connectivity index (χ4n) is 8.04. The first-order valence-corrected chi connectivity index (χ1v) is 19.7. The Labute approximate surface area is 352 Å². The van der Waals surface area contributed by atoms with Crippen LogP contribution < -0.4 is 10.6 Å². The zero-order valence-electron chi connectivity index (χ0n) is 33.3. The SMILES string of the molecule is C[C@@H]1CN(C(=O)Nc2ccc(F)cc2)[C@@H](c2ccc(C(F)(F)F)cc2)c2ccccc21.C[C@H]1CN(C(=O)Nc2ccc(F)cc2)[C@H](c2ccc(C(F)(F)F)cc2)c2ccccc21. The number of benzene rings is 6. The third-order valence-electron chi connectivity index (χ3n) is 11.0. The molecule has 0 saturated carbocycles. The highest BCUT2D eigenvalue weighted by atomic mass is 19.4. The Bertz CT molecular complexity index is 2330. The topological polar surface area (TPSA) is 64.7 Å². The molecule has 4 atom stereocenters. The molecule has 6 aromatic carbocycles. The number of nitrogens with one attached hydrogen (secondary N) is 2. The van der Waals surface area contributed by atoms with Crippen molar-refractivity contribution in [3.63, 3.8) is 0 Å². The number of nitrogens with zero attached hydrogens (tertiary/aromatic N) is 2. The Balaban J connectivity index is 0.000000186. The van der Waals surface area contributed by atoms with Crippen molar-refractivity contribution in [1.29, 1.82) is 0 Å². The number of anilines is 2. The van der Waals surface area contributed by atoms with Crippen molar-refractivity contribution in [2.45, 2.75) is 50.1 Å². The lowest BCUT2D eigenvalue weighted by molar-refractivity contribution is -0.138. The number of carbonyl (C=O) groups excluding carboxylic acids is 2. The van der Waals surface area contributed by atoms with E-state index in [1.54, 1.807) is 9.80 Å². The number of carbonyl (C=O) groups is 2. The van der Waals surface area contributed by atoms with Gasteiger partial charge in [0, 0.05) is 24.5 Å². The first kappa shape index (κ1) is 43.4. The predicted molar refractivity (Wildman–Crippen MR) is 221 cm³/mol. The highest BCUT2D eigenvalue weighted by molar-refractivity contribution is 5.91. The minimum Gasteiger partial charge on any atom is -0.313 e. The normalized spacial score (nSPS) is 18.4. The molecule has 8 rings (SSSR count). The number of urea groups is 2. The molecule has 4 amide bonds. The molecule has 2 aliphatic rings. The van der Waals surface area contributed by atoms with Crippen LogP contribution >= 0.6 is 0 Å². The van der Waals surface area contributed by atoms with Crippen LogP contribution in [-0.2, 0) is 12.4 Å². The summed E-state index contributed by atoms with van der Waals surface area (Å²) in [4.78, 5) is 29.5. The average Bonchev–Trinajstić information content (AvgIpc) is 3.25. The molecule has 6 nitrogen and oxygen atoms in total. The maximum Gasteiger partial charge on any atom is 0.416 e. The van der Waals surface area contributed by atoms with Crippen molar-refractivity contribution >= 4 is 23.4 Å². The van der Waals surface area contributed by atoms with E-state index in [9.17, 15) is 44.7 Å². The van der Waals surface area contributed by atoms with Crippen LogP contribution in [0.15, 0.2) is 146 Å². The highest BCUT2D eigenvalue weighted by Gasteiger charge is 2.38. The maximum atomic E-state index is 13.2. The van der Waals surface area contributed by atoms with Crippen molar-refractivity contribution in [2.75, 3.05) is 23.7 Å². The summed E-state index contributed by atoms with van der Waals surface area (Å²) in [6.45, 7) is 4.77. The van der Waals surface area contributed by atoms with Crippen LogP contribution in [0, 0.1) is 11.6 Å². The number of halogens is 8. The Kier molecular flexibility index (Phi) is 12.4. The molecule has 6 aromatic rings. The van der Waals surface area contributed by atoms with Crippen LogP contribution in [-0.4, -0.2) is 35.0 Å². The summed E-state index contributed by atoms with van der Waals surface area (Å²) in [5, 5.41) is 5.53. The number of alkyl halides is 6. The molecule has 0 saturated heterocycles. The Morgan fingerprint density at radius 3 is 1.08 bits per heavy atom. The van der Waals surface area contributed by atoms with Crippen molar-refractivity contribution in [3.8, 4) is 0 Å². The first-order valence-electron chi connectivity index (χ1n) is 19.7. The van der Waals surface area contributed by atoms with Gasteiger partial charge < -0.3 is 20.4 Å². The van der Waals surface area contributed by atoms with Crippen molar-refractivity contribution < 1.29 is 44.7 Å². The number of rotatable bonds is 4. The maximum absolute atomic E-state index is 13.2. The van der Waals surface area contributed by atoms with E-state index in [-0.39, 0.29) is 11.8 Å². The molecule has 14 heteroatoms. The zero-order valence-corrected chi connectivity index (χ0v) is 33.3. The lowest BCUT2D eigenvalue weighted by Crippen LogP contribution is -2.44. The second-order valence-electron chi connectivity index (χ2n) is 15.3. The van der Waals surface area contributed by atoms with E-state index >= 15 is 0 Å². The molecular weight excluding hydrogens is 817 g/mol. The minimum atomic E-state index is -4.43. The van der Waals surface area contributed by atoms with Gasteiger partial charge in [0.2, 0.25) is 0 Å². The van der Waals surface area contributed by atoms with Crippen LogP contribution in [0.4, 0.5) is 56.1 Å². The number of fused-ring (bicyclic) bond motifs is 2. The lowest BCUT2D eigenvalue weighted by atomic mass is 9.83. The second-order valence-corrected chi connectivity index (χ2v) is 15.3. The van der Waals surface area contributed by atoms with Crippen LogP contribution in [0.3, 0.4) is 0 Å². The predicted octanol–water partition coefficient (Wildman–Crippen LogP) is 13.2. The summed E-state index contributed by atoms with van der Waals surface area (Å²) in [5.74, 6) is -0.746. The van der Waals surface area contributed by atoms with Gasteiger partial charge in [0.25, 0.3) is 0 Å². The second kappa shape index (κ2) is 17.7. The quantitative estimate of drug-likeness (QED) is 0.174. The fraction of sp³-hybridized carbons (Fsp3) is 0.208. The lowest BCUT2D eigenvalue weighted by Gasteiger charge is -2.40. The van der Waals surface area contributed by atoms with E-state index in [2.05, 4.69) is 10.6 Å². The Hall–Kier alpha value is -6.70. The van der Waals surface area contributed by atoms with Crippen LogP contribution in [0.1, 0.15) is 82.3 Å². The average molecular weight is 857 g/mol. The molecule has 0 aromatic heterocycles. The van der Waals surface area contributed by atoms with Gasteiger partial charge in [-0.1, -0.05) is 86.6 Å². The summed E-state index contributed by atoms with van der Waals surface area (Å²) in [7, 11) is 0. The summed E-state index contributed by atoms with van der Waals surface area (Å²) < 4.78 is 105. The summed E-state index contributed by atoms with van der Waals surface area (Å²) in [6.07, 6.45) is -8.87. The summed E-state index contributed by atoms with van der Waals surface area (Å²) in [5.41, 5.74) is 4.41. The van der Waals surface area contributed by atoms with Crippen molar-refractivity contribution in [1.82, 2.24) is 9.80 Å². The molecule has 0 spiro atoms. The number of hydrogen-bond donors (Lipinski definition) is 2. The third-order valence-corrected chi connectivity index (χ3v) is 11.0. The smallest absolute Gasteiger partial charge is 0.313 e. The molecule has 0 bridgehead atoms. The first-order chi connectivity index (χ1) is 29.5. The molecule has 0 aliphatic carbocycles. The van der Waals surface area contributed by atoms with E-state index in [0.717, 1.165) is 46.5 Å². The van der Waals surface area contributed by atoms with E-state index in [4.69, 9.17) is 0 Å². The molecule has 2 aliphatic heterocycles. The molecule has 62 heavy (non-hydrogen) atoms.